The first-order valence-corrected chi connectivity index (χ1v) is 12.1. The van der Waals surface area contributed by atoms with E-state index in [4.69, 9.17) is 10.5 Å². The fourth-order valence-electron chi connectivity index (χ4n) is 3.84. The summed E-state index contributed by atoms with van der Waals surface area (Å²) in [5, 5.41) is 14.9. The number of rotatable bonds is 9. The van der Waals surface area contributed by atoms with E-state index in [1.165, 1.54) is 0 Å². The molecule has 0 aliphatic rings. The highest BCUT2D eigenvalue weighted by atomic mass is 16.6. The normalized spacial score (nSPS) is 12.4. The zero-order valence-corrected chi connectivity index (χ0v) is 22.6. The van der Waals surface area contributed by atoms with Crippen LogP contribution in [-0.2, 0) is 19.1 Å². The monoisotopic (exact) mass is 521 g/mol. The lowest BCUT2D eigenvalue weighted by Gasteiger charge is -2.33. The van der Waals surface area contributed by atoms with Crippen LogP contribution in [0, 0.1) is 32.1 Å². The Balaban J connectivity index is 2.59. The Labute approximate surface area is 223 Å². The van der Waals surface area contributed by atoms with Crippen molar-refractivity contribution in [3.8, 4) is 6.07 Å². The quantitative estimate of drug-likeness (QED) is 0.430. The molecule has 4 N–H and O–H groups in total. The average Bonchev–Trinajstić information content (AvgIpc) is 2.80. The van der Waals surface area contributed by atoms with Gasteiger partial charge in [-0.3, -0.25) is 14.4 Å². The molecule has 0 aromatic heterocycles. The average molecular weight is 522 g/mol. The Morgan fingerprint density at radius 2 is 1.71 bits per heavy atom. The van der Waals surface area contributed by atoms with Gasteiger partial charge in [0.1, 0.15) is 24.2 Å². The zero-order chi connectivity index (χ0) is 28.6. The second kappa shape index (κ2) is 12.7. The molecule has 2 aromatic carbocycles. The second-order valence-corrected chi connectivity index (χ2v) is 10.1. The Bertz CT molecular complexity index is 1240. The molecule has 10 heteroatoms. The van der Waals surface area contributed by atoms with Crippen LogP contribution in [0.2, 0.25) is 0 Å². The number of nitrogens with one attached hydrogen (secondary N) is 2. The van der Waals surface area contributed by atoms with Crippen LogP contribution in [0.5, 0.6) is 0 Å². The van der Waals surface area contributed by atoms with Gasteiger partial charge in [0.05, 0.1) is 12.5 Å². The summed E-state index contributed by atoms with van der Waals surface area (Å²) in [5.41, 5.74) is 7.89. The molecule has 202 valence electrons. The van der Waals surface area contributed by atoms with Gasteiger partial charge in [-0.2, -0.15) is 5.26 Å². The molecular weight excluding hydrogens is 486 g/mol. The number of nitriles is 1. The van der Waals surface area contributed by atoms with Gasteiger partial charge in [0.25, 0.3) is 5.91 Å². The number of ether oxygens (including phenoxy) is 1. The number of amides is 4. The predicted molar refractivity (Wildman–Crippen MR) is 143 cm³/mol. The van der Waals surface area contributed by atoms with Gasteiger partial charge in [-0.05, 0) is 64.3 Å². The van der Waals surface area contributed by atoms with Crippen LogP contribution in [0.1, 0.15) is 55.5 Å². The molecule has 2 aromatic rings. The molecule has 0 saturated heterocycles. The Morgan fingerprint density at radius 1 is 1.05 bits per heavy atom. The number of nitrogens with zero attached hydrogens (tertiary/aromatic N) is 2. The number of para-hydroxylation sites is 1. The van der Waals surface area contributed by atoms with Gasteiger partial charge in [0.2, 0.25) is 11.8 Å². The highest BCUT2D eigenvalue weighted by molar-refractivity contribution is 6.00. The van der Waals surface area contributed by atoms with Crippen molar-refractivity contribution >= 4 is 29.5 Å². The molecule has 38 heavy (non-hydrogen) atoms. The number of hydrogen-bond acceptors (Lipinski definition) is 6. The van der Waals surface area contributed by atoms with E-state index < -0.39 is 54.5 Å². The van der Waals surface area contributed by atoms with Crippen LogP contribution < -0.4 is 16.4 Å². The summed E-state index contributed by atoms with van der Waals surface area (Å²) in [7, 11) is 0. The van der Waals surface area contributed by atoms with Gasteiger partial charge >= 0.3 is 6.09 Å². The van der Waals surface area contributed by atoms with Crippen LogP contribution in [-0.4, -0.2) is 46.9 Å². The van der Waals surface area contributed by atoms with E-state index in [1.54, 1.807) is 45.9 Å². The van der Waals surface area contributed by atoms with E-state index >= 15 is 0 Å². The molecular formula is C28H35N5O5. The molecule has 0 bridgehead atoms. The lowest BCUT2D eigenvalue weighted by atomic mass is 9.95. The first kappa shape index (κ1) is 29.8. The maximum absolute atomic E-state index is 13.8. The van der Waals surface area contributed by atoms with E-state index in [9.17, 15) is 24.4 Å². The number of anilines is 1. The van der Waals surface area contributed by atoms with E-state index in [-0.39, 0.29) is 0 Å². The summed E-state index contributed by atoms with van der Waals surface area (Å²) in [6.07, 6.45) is -1.50. The van der Waals surface area contributed by atoms with Crippen molar-refractivity contribution in [2.24, 2.45) is 5.73 Å². The third kappa shape index (κ3) is 8.34. The lowest BCUT2D eigenvalue weighted by Crippen LogP contribution is -2.53. The number of alkyl carbamates (subject to hydrolysis) is 1. The van der Waals surface area contributed by atoms with Crippen molar-refractivity contribution in [3.63, 3.8) is 0 Å². The molecule has 10 nitrogen and oxygen atoms in total. The van der Waals surface area contributed by atoms with Crippen molar-refractivity contribution in [3.05, 3.63) is 64.7 Å². The van der Waals surface area contributed by atoms with E-state index in [0.717, 1.165) is 16.0 Å². The topological polar surface area (TPSA) is 155 Å². The van der Waals surface area contributed by atoms with Crippen molar-refractivity contribution in [1.82, 2.24) is 10.2 Å². The molecule has 0 aliphatic heterocycles. The van der Waals surface area contributed by atoms with Gasteiger partial charge in [-0.15, -0.1) is 0 Å². The predicted octanol–water partition coefficient (Wildman–Crippen LogP) is 3.41. The highest BCUT2D eigenvalue weighted by Gasteiger charge is 2.37. The summed E-state index contributed by atoms with van der Waals surface area (Å²) in [6.45, 7) is 9.90. The first-order chi connectivity index (χ1) is 17.7. The minimum Gasteiger partial charge on any atom is -0.444 e. The molecule has 0 heterocycles. The Morgan fingerprint density at radius 3 is 2.29 bits per heavy atom. The summed E-state index contributed by atoms with van der Waals surface area (Å²) in [5.74, 6) is -2.25. The van der Waals surface area contributed by atoms with Gasteiger partial charge in [0, 0.05) is 5.69 Å². The maximum Gasteiger partial charge on any atom is 0.408 e. The maximum atomic E-state index is 13.8. The first-order valence-electron chi connectivity index (χ1n) is 12.1. The number of aryl methyl sites for hydroxylation is 3. The summed E-state index contributed by atoms with van der Waals surface area (Å²) in [6, 6.07) is 11.8. The Kier molecular flexibility index (Phi) is 9.99. The minimum absolute atomic E-state index is 0.495. The number of hydrogen-bond donors (Lipinski definition) is 3. The van der Waals surface area contributed by atoms with Crippen LogP contribution in [0.25, 0.3) is 0 Å². The van der Waals surface area contributed by atoms with Crippen LogP contribution >= 0.6 is 0 Å². The smallest absolute Gasteiger partial charge is 0.408 e. The van der Waals surface area contributed by atoms with Crippen molar-refractivity contribution in [2.75, 3.05) is 11.9 Å². The molecule has 2 atom stereocenters. The van der Waals surface area contributed by atoms with E-state index in [0.29, 0.717) is 16.8 Å². The van der Waals surface area contributed by atoms with Crippen molar-refractivity contribution in [1.29, 1.82) is 5.26 Å². The second-order valence-electron chi connectivity index (χ2n) is 10.1. The van der Waals surface area contributed by atoms with Gasteiger partial charge < -0.3 is 26.0 Å². The van der Waals surface area contributed by atoms with E-state index in [2.05, 4.69) is 10.6 Å². The number of carbonyl (C=O) groups is 4. The van der Waals surface area contributed by atoms with Crippen LogP contribution in [0.15, 0.2) is 42.5 Å². The molecule has 2 rings (SSSR count). The lowest BCUT2D eigenvalue weighted by molar-refractivity contribution is -0.141. The Hall–Kier alpha value is -4.39. The highest BCUT2D eigenvalue weighted by Crippen LogP contribution is 2.28. The number of benzene rings is 2. The van der Waals surface area contributed by atoms with Crippen LogP contribution in [0.3, 0.4) is 0 Å². The molecule has 0 spiro atoms. The molecule has 0 radical (unpaired) electrons. The molecule has 0 fully saturated rings. The fourth-order valence-corrected chi connectivity index (χ4v) is 3.84. The SMILES string of the molecule is Cc1ccc(C)c(C(C(=O)Nc2ccccc2C)N(CC#N)C(=O)C(CC(N)=O)NC(=O)OC(C)(C)C)c1. The standard InChI is InChI=1S/C28H35N5O5/c1-17-11-12-18(2)20(15-17)24(25(35)31-21-10-8-7-9-19(21)3)33(14-13-29)26(36)22(16-23(30)34)32-27(37)38-28(4,5)6/h7-12,15,22,24H,14,16H2,1-6H3,(H2,30,34)(H,31,35)(H,32,37). The van der Waals surface area contributed by atoms with Crippen molar-refractivity contribution in [2.45, 2.75) is 65.6 Å². The molecule has 4 amide bonds. The van der Waals surface area contributed by atoms with Crippen LogP contribution in [0.4, 0.5) is 10.5 Å². The fraction of sp³-hybridized carbons (Fsp3) is 0.393. The largest absolute Gasteiger partial charge is 0.444 e. The van der Waals surface area contributed by atoms with Gasteiger partial charge in [-0.1, -0.05) is 42.0 Å². The third-order valence-electron chi connectivity index (χ3n) is 5.61. The van der Waals surface area contributed by atoms with Gasteiger partial charge in [-0.25, -0.2) is 4.79 Å². The molecule has 0 saturated carbocycles. The number of primary amides is 1. The number of nitrogens with two attached hydrogens (primary N) is 1. The number of carbonyl (C=O) groups excluding carboxylic acids is 4. The summed E-state index contributed by atoms with van der Waals surface area (Å²) >= 11 is 0. The zero-order valence-electron chi connectivity index (χ0n) is 22.6. The van der Waals surface area contributed by atoms with Crippen molar-refractivity contribution < 1.29 is 23.9 Å². The third-order valence-corrected chi connectivity index (χ3v) is 5.61. The molecule has 0 aliphatic carbocycles. The minimum atomic E-state index is -1.46. The van der Waals surface area contributed by atoms with Gasteiger partial charge in [0.15, 0.2) is 0 Å². The van der Waals surface area contributed by atoms with E-state index in [1.807, 2.05) is 44.2 Å². The summed E-state index contributed by atoms with van der Waals surface area (Å²) < 4.78 is 5.24. The summed E-state index contributed by atoms with van der Waals surface area (Å²) in [4.78, 5) is 53.0. The molecule has 2 unspecified atom stereocenters.